The SMILES string of the molecule is CCC1=C[C@H]2/C(=C\C(=O)OC)C[C@H]2C1. The van der Waals surface area contributed by atoms with Gasteiger partial charge in [-0.05, 0) is 25.2 Å². The van der Waals surface area contributed by atoms with Crippen molar-refractivity contribution < 1.29 is 9.53 Å². The average Bonchev–Trinajstić information content (AvgIpc) is 2.51. The zero-order valence-corrected chi connectivity index (χ0v) is 8.75. The lowest BCUT2D eigenvalue weighted by Crippen LogP contribution is -2.24. The second-order valence-corrected chi connectivity index (χ2v) is 4.11. The van der Waals surface area contributed by atoms with E-state index in [4.69, 9.17) is 0 Å². The van der Waals surface area contributed by atoms with Crippen LogP contribution in [0.3, 0.4) is 0 Å². The standard InChI is InChI=1S/C12H16O2/c1-3-8-4-9-6-10(11(9)5-8)7-12(13)14-2/h5,7,9,11H,3-4,6H2,1-2H3/b10-7-/t9-,11-/m1/s1. The summed E-state index contributed by atoms with van der Waals surface area (Å²) in [5.41, 5.74) is 2.80. The topological polar surface area (TPSA) is 26.3 Å². The molecule has 1 saturated carbocycles. The maximum Gasteiger partial charge on any atom is 0.330 e. The summed E-state index contributed by atoms with van der Waals surface area (Å²) in [6, 6.07) is 0. The minimum atomic E-state index is -0.211. The maximum atomic E-state index is 11.0. The van der Waals surface area contributed by atoms with Crippen LogP contribution < -0.4 is 0 Å². The van der Waals surface area contributed by atoms with Crippen LogP contribution in [-0.4, -0.2) is 13.1 Å². The summed E-state index contributed by atoms with van der Waals surface area (Å²) in [6.45, 7) is 2.19. The van der Waals surface area contributed by atoms with Crippen molar-refractivity contribution in [3.8, 4) is 0 Å². The van der Waals surface area contributed by atoms with E-state index in [9.17, 15) is 4.79 Å². The Balaban J connectivity index is 2.04. The van der Waals surface area contributed by atoms with Crippen molar-refractivity contribution in [1.29, 1.82) is 0 Å². The zero-order valence-electron chi connectivity index (χ0n) is 8.75. The average molecular weight is 192 g/mol. The van der Waals surface area contributed by atoms with Crippen molar-refractivity contribution in [2.24, 2.45) is 11.8 Å². The molecular weight excluding hydrogens is 176 g/mol. The molecule has 14 heavy (non-hydrogen) atoms. The minimum Gasteiger partial charge on any atom is -0.466 e. The van der Waals surface area contributed by atoms with E-state index >= 15 is 0 Å². The fourth-order valence-electron chi connectivity index (χ4n) is 2.44. The molecule has 1 fully saturated rings. The van der Waals surface area contributed by atoms with Gasteiger partial charge in [0.05, 0.1) is 7.11 Å². The lowest BCUT2D eigenvalue weighted by atomic mass is 9.71. The molecule has 0 aromatic heterocycles. The first-order chi connectivity index (χ1) is 6.74. The van der Waals surface area contributed by atoms with Crippen LogP contribution in [0.4, 0.5) is 0 Å². The third-order valence-electron chi connectivity index (χ3n) is 3.33. The van der Waals surface area contributed by atoms with Gasteiger partial charge in [0.2, 0.25) is 0 Å². The molecule has 2 atom stereocenters. The number of hydrogen-bond donors (Lipinski definition) is 0. The summed E-state index contributed by atoms with van der Waals surface area (Å²) in [5.74, 6) is 1.11. The Kier molecular flexibility index (Phi) is 2.44. The van der Waals surface area contributed by atoms with E-state index < -0.39 is 0 Å². The quantitative estimate of drug-likeness (QED) is 0.381. The summed E-state index contributed by atoms with van der Waals surface area (Å²) >= 11 is 0. The summed E-state index contributed by atoms with van der Waals surface area (Å²) < 4.78 is 4.62. The number of allylic oxidation sites excluding steroid dienone is 3. The maximum absolute atomic E-state index is 11.0. The zero-order chi connectivity index (χ0) is 10.1. The van der Waals surface area contributed by atoms with E-state index in [0.29, 0.717) is 5.92 Å². The molecule has 0 spiro atoms. The van der Waals surface area contributed by atoms with E-state index in [1.807, 2.05) is 0 Å². The summed E-state index contributed by atoms with van der Waals surface area (Å²) in [7, 11) is 1.43. The van der Waals surface area contributed by atoms with Crippen molar-refractivity contribution in [1.82, 2.24) is 0 Å². The monoisotopic (exact) mass is 192 g/mol. The highest BCUT2D eigenvalue weighted by atomic mass is 16.5. The third kappa shape index (κ3) is 1.49. The van der Waals surface area contributed by atoms with E-state index in [1.54, 1.807) is 11.6 Å². The highest BCUT2D eigenvalue weighted by Gasteiger charge is 2.38. The Morgan fingerprint density at radius 3 is 3.07 bits per heavy atom. The van der Waals surface area contributed by atoms with Crippen molar-refractivity contribution in [3.63, 3.8) is 0 Å². The largest absolute Gasteiger partial charge is 0.466 e. The van der Waals surface area contributed by atoms with Gasteiger partial charge in [-0.25, -0.2) is 4.79 Å². The highest BCUT2D eigenvalue weighted by molar-refractivity contribution is 5.83. The second-order valence-electron chi connectivity index (χ2n) is 4.11. The molecule has 2 rings (SSSR count). The Morgan fingerprint density at radius 2 is 2.43 bits per heavy atom. The number of carbonyl (C=O) groups excluding carboxylic acids is 1. The van der Waals surface area contributed by atoms with Gasteiger partial charge in [0.1, 0.15) is 0 Å². The molecule has 2 aliphatic rings. The predicted octanol–water partition coefficient (Wildman–Crippen LogP) is 2.46. The first kappa shape index (κ1) is 9.50. The third-order valence-corrected chi connectivity index (χ3v) is 3.33. The lowest BCUT2D eigenvalue weighted by molar-refractivity contribution is -0.135. The van der Waals surface area contributed by atoms with Crippen molar-refractivity contribution in [3.05, 3.63) is 23.3 Å². The van der Waals surface area contributed by atoms with Gasteiger partial charge in [0, 0.05) is 12.0 Å². The molecule has 2 heteroatoms. The van der Waals surface area contributed by atoms with Crippen LogP contribution in [0.5, 0.6) is 0 Å². The molecule has 2 aliphatic carbocycles. The fourth-order valence-corrected chi connectivity index (χ4v) is 2.44. The number of esters is 1. The number of rotatable bonds is 2. The second kappa shape index (κ2) is 3.60. The Hall–Kier alpha value is -1.05. The Morgan fingerprint density at radius 1 is 1.64 bits per heavy atom. The number of carbonyl (C=O) groups is 1. The van der Waals surface area contributed by atoms with Gasteiger partial charge in [-0.1, -0.05) is 24.1 Å². The number of ether oxygens (including phenoxy) is 1. The molecule has 76 valence electrons. The van der Waals surface area contributed by atoms with Gasteiger partial charge >= 0.3 is 5.97 Å². The molecule has 0 radical (unpaired) electrons. The Labute approximate surface area is 84.6 Å². The van der Waals surface area contributed by atoms with Crippen LogP contribution in [0.1, 0.15) is 26.2 Å². The van der Waals surface area contributed by atoms with Gasteiger partial charge in [-0.3, -0.25) is 0 Å². The molecular formula is C12H16O2. The van der Waals surface area contributed by atoms with Gasteiger partial charge in [-0.2, -0.15) is 0 Å². The van der Waals surface area contributed by atoms with Gasteiger partial charge in [0.25, 0.3) is 0 Å². The molecule has 0 aliphatic heterocycles. The molecule has 0 amide bonds. The lowest BCUT2D eigenvalue weighted by Gasteiger charge is -2.33. The molecule has 0 aromatic carbocycles. The van der Waals surface area contributed by atoms with Gasteiger partial charge in [0.15, 0.2) is 0 Å². The molecule has 2 nitrogen and oxygen atoms in total. The highest BCUT2D eigenvalue weighted by Crippen LogP contribution is 2.49. The van der Waals surface area contributed by atoms with Gasteiger partial charge < -0.3 is 4.74 Å². The number of fused-ring (bicyclic) bond motifs is 1. The van der Waals surface area contributed by atoms with E-state index in [1.165, 1.54) is 19.1 Å². The van der Waals surface area contributed by atoms with Gasteiger partial charge in [-0.15, -0.1) is 0 Å². The predicted molar refractivity (Wildman–Crippen MR) is 54.7 cm³/mol. The summed E-state index contributed by atoms with van der Waals surface area (Å²) in [4.78, 5) is 11.0. The summed E-state index contributed by atoms with van der Waals surface area (Å²) in [6.07, 6.45) is 7.47. The number of methoxy groups -OCH3 is 1. The first-order valence-corrected chi connectivity index (χ1v) is 5.22. The molecule has 0 aromatic rings. The molecule has 0 N–H and O–H groups in total. The normalized spacial score (nSPS) is 32.1. The summed E-state index contributed by atoms with van der Waals surface area (Å²) in [5, 5.41) is 0. The van der Waals surface area contributed by atoms with Crippen LogP contribution in [0.25, 0.3) is 0 Å². The van der Waals surface area contributed by atoms with Crippen LogP contribution in [0, 0.1) is 11.8 Å². The van der Waals surface area contributed by atoms with Crippen LogP contribution in [-0.2, 0) is 9.53 Å². The minimum absolute atomic E-state index is 0.211. The number of hydrogen-bond acceptors (Lipinski definition) is 2. The molecule has 0 heterocycles. The van der Waals surface area contributed by atoms with Crippen LogP contribution >= 0.6 is 0 Å². The van der Waals surface area contributed by atoms with E-state index in [0.717, 1.165) is 18.8 Å². The molecule has 0 saturated heterocycles. The van der Waals surface area contributed by atoms with Crippen LogP contribution in [0.2, 0.25) is 0 Å². The van der Waals surface area contributed by atoms with Crippen molar-refractivity contribution in [2.45, 2.75) is 26.2 Å². The first-order valence-electron chi connectivity index (χ1n) is 5.22. The van der Waals surface area contributed by atoms with Crippen molar-refractivity contribution in [2.75, 3.05) is 7.11 Å². The Bertz CT molecular complexity index is 312. The van der Waals surface area contributed by atoms with E-state index in [2.05, 4.69) is 17.7 Å². The van der Waals surface area contributed by atoms with Crippen LogP contribution in [0.15, 0.2) is 23.3 Å². The molecule has 0 bridgehead atoms. The van der Waals surface area contributed by atoms with E-state index in [-0.39, 0.29) is 5.97 Å². The smallest absolute Gasteiger partial charge is 0.330 e. The van der Waals surface area contributed by atoms with Crippen molar-refractivity contribution >= 4 is 5.97 Å². The molecule has 0 unspecified atom stereocenters. The fraction of sp³-hybridized carbons (Fsp3) is 0.583.